The van der Waals surface area contributed by atoms with Crippen LogP contribution in [0.3, 0.4) is 0 Å². The van der Waals surface area contributed by atoms with Gasteiger partial charge in [0.1, 0.15) is 22.8 Å². The van der Waals surface area contributed by atoms with Crippen molar-refractivity contribution in [2.24, 2.45) is 0 Å². The summed E-state index contributed by atoms with van der Waals surface area (Å²) in [5, 5.41) is 25.0. The monoisotopic (exact) mass is 671 g/mol. The molecule has 48 heavy (non-hydrogen) atoms. The Balaban J connectivity index is 0.907. The summed E-state index contributed by atoms with van der Waals surface area (Å²) in [6, 6.07) is 19.8. The van der Waals surface area contributed by atoms with Crippen LogP contribution in [0.2, 0.25) is 0 Å². The van der Waals surface area contributed by atoms with E-state index in [0.29, 0.717) is 60.7 Å². The number of phenolic OH excluding ortho intramolecular Hbond substituents is 1. The van der Waals surface area contributed by atoms with Crippen molar-refractivity contribution in [2.75, 3.05) is 45.9 Å². The molecule has 0 bridgehead atoms. The van der Waals surface area contributed by atoms with Gasteiger partial charge >= 0.3 is 4.87 Å². The van der Waals surface area contributed by atoms with Crippen LogP contribution in [0.5, 0.6) is 5.75 Å². The number of pyridine rings is 1. The molecule has 10 nitrogen and oxygen atoms in total. The number of aromatic hydroxyl groups is 1. The number of likely N-dealkylation sites (tertiary alicyclic amines) is 1. The van der Waals surface area contributed by atoms with Gasteiger partial charge in [-0.05, 0) is 67.3 Å². The van der Waals surface area contributed by atoms with E-state index in [1.807, 2.05) is 41.3 Å². The molecule has 12 heteroatoms. The summed E-state index contributed by atoms with van der Waals surface area (Å²) in [4.78, 5) is 36.3. The van der Waals surface area contributed by atoms with E-state index >= 15 is 0 Å². The molecule has 0 radical (unpaired) electrons. The number of carbonyl (C=O) groups excluding carboxylic acids is 1. The molecule has 2 aromatic heterocycles. The van der Waals surface area contributed by atoms with Crippen LogP contribution in [0.15, 0.2) is 71.5 Å². The number of aliphatic hydroxyl groups excluding tert-OH is 1. The average molecular weight is 672 g/mol. The van der Waals surface area contributed by atoms with E-state index in [4.69, 9.17) is 4.74 Å². The fourth-order valence-corrected chi connectivity index (χ4v) is 7.80. The number of H-pyrrole nitrogens is 1. The molecule has 4 heterocycles. The summed E-state index contributed by atoms with van der Waals surface area (Å²) < 4.78 is 21.5. The predicted molar refractivity (Wildman–Crippen MR) is 183 cm³/mol. The highest BCUT2D eigenvalue weighted by Crippen LogP contribution is 2.33. The largest absolute Gasteiger partial charge is 0.506 e. The van der Waals surface area contributed by atoms with Crippen LogP contribution >= 0.6 is 11.3 Å². The molecule has 0 saturated carbocycles. The van der Waals surface area contributed by atoms with Crippen molar-refractivity contribution >= 4 is 38.4 Å². The number of phenols is 1. The molecule has 250 valence electrons. The quantitative estimate of drug-likeness (QED) is 0.170. The average Bonchev–Trinajstić information content (AvgIpc) is 3.49. The number of fused-ring (bicyclic) bond motifs is 2. The third kappa shape index (κ3) is 6.99. The number of aliphatic hydroxyl groups is 1. The van der Waals surface area contributed by atoms with Gasteiger partial charge in [-0.1, -0.05) is 47.7 Å². The predicted octanol–water partition coefficient (Wildman–Crippen LogP) is 4.36. The lowest BCUT2D eigenvalue weighted by molar-refractivity contribution is -0.128. The number of piperidine rings is 1. The molecule has 2 aliphatic rings. The molecule has 1 unspecified atom stereocenters. The summed E-state index contributed by atoms with van der Waals surface area (Å²) in [5.74, 6) is -0.384. The van der Waals surface area contributed by atoms with Crippen LogP contribution in [-0.4, -0.2) is 87.4 Å². The molecule has 0 aliphatic carbocycles. The molecular formula is C36H38FN5O5S. The molecule has 2 aliphatic heterocycles. The Morgan fingerprint density at radius 2 is 1.90 bits per heavy atom. The Morgan fingerprint density at radius 1 is 1.08 bits per heavy atom. The van der Waals surface area contributed by atoms with Gasteiger partial charge in [0.15, 0.2) is 0 Å². The molecule has 1 spiro atoms. The zero-order chi connectivity index (χ0) is 33.3. The Kier molecular flexibility index (Phi) is 9.25. The van der Waals surface area contributed by atoms with E-state index in [-0.39, 0.29) is 28.9 Å². The molecule has 2 fully saturated rings. The molecular weight excluding hydrogens is 633 g/mol. The first kappa shape index (κ1) is 32.4. The number of rotatable bonds is 9. The van der Waals surface area contributed by atoms with E-state index < -0.39 is 11.7 Å². The maximum atomic E-state index is 14.7. The number of thiazole rings is 1. The minimum absolute atomic E-state index is 0.0331. The first-order chi connectivity index (χ1) is 23.2. The lowest BCUT2D eigenvalue weighted by atomic mass is 9.89. The number of nitrogens with zero attached hydrogens (tertiary/aromatic N) is 3. The molecule has 1 amide bonds. The summed E-state index contributed by atoms with van der Waals surface area (Å²) in [7, 11) is 0. The highest BCUT2D eigenvalue weighted by atomic mass is 32.1. The van der Waals surface area contributed by atoms with E-state index in [2.05, 4.69) is 20.2 Å². The number of para-hydroxylation sites is 1. The minimum Gasteiger partial charge on any atom is -0.506 e. The lowest BCUT2D eigenvalue weighted by Crippen LogP contribution is -2.58. The summed E-state index contributed by atoms with van der Waals surface area (Å²) in [6.07, 6.45) is 1.26. The number of benzene rings is 3. The fourth-order valence-electron chi connectivity index (χ4n) is 6.88. The highest BCUT2D eigenvalue weighted by Gasteiger charge is 2.41. The second kappa shape index (κ2) is 13.7. The number of nitrogens with one attached hydrogen (secondary N) is 2. The number of hydrogen-bond donors (Lipinski definition) is 4. The van der Waals surface area contributed by atoms with Gasteiger partial charge in [-0.15, -0.1) is 0 Å². The Hall–Kier alpha value is -4.20. The van der Waals surface area contributed by atoms with Gasteiger partial charge in [0.25, 0.3) is 5.91 Å². The molecule has 4 N–H and O–H groups in total. The standard InChI is InChI=1S/C36H38FN5O5S/c37-26-18-23(9-12-38-20-31(44)27-6-8-30(43)32-33(27)48-35(46)40-32)17-24(19-26)21-41-13-10-36(11-14-41)22-42(15-16-47-36)34(45)29-7-5-25-3-1-2-4-28(25)39-29/h1-8,17-19,31,38,43-44H,9-16,20-22H2,(H,40,46). The van der Waals surface area contributed by atoms with Crippen LogP contribution in [0.25, 0.3) is 21.1 Å². The third-order valence-electron chi connectivity index (χ3n) is 9.42. The van der Waals surface area contributed by atoms with E-state index in [9.17, 15) is 24.2 Å². The van der Waals surface area contributed by atoms with Gasteiger partial charge in [0, 0.05) is 43.7 Å². The first-order valence-corrected chi connectivity index (χ1v) is 17.1. The number of morpholine rings is 1. The number of aromatic nitrogens is 2. The van der Waals surface area contributed by atoms with Gasteiger partial charge < -0.3 is 30.2 Å². The lowest BCUT2D eigenvalue weighted by Gasteiger charge is -2.47. The maximum absolute atomic E-state index is 14.7. The number of carbonyl (C=O) groups is 1. The summed E-state index contributed by atoms with van der Waals surface area (Å²) in [5.41, 5.74) is 3.52. The van der Waals surface area contributed by atoms with Crippen molar-refractivity contribution in [1.29, 1.82) is 0 Å². The topological polar surface area (TPSA) is 131 Å². The van der Waals surface area contributed by atoms with Gasteiger partial charge in [-0.3, -0.25) is 14.5 Å². The van der Waals surface area contributed by atoms with Crippen molar-refractivity contribution in [3.63, 3.8) is 0 Å². The second-order valence-electron chi connectivity index (χ2n) is 12.8. The smallest absolute Gasteiger partial charge is 0.305 e. The normalized spacial score (nSPS) is 17.3. The fraction of sp³-hybridized carbons (Fsp3) is 0.361. The Labute approximate surface area is 280 Å². The number of ether oxygens (including phenoxy) is 1. The number of halogens is 1. The van der Waals surface area contributed by atoms with Gasteiger partial charge in [-0.25, -0.2) is 9.37 Å². The van der Waals surface area contributed by atoms with Crippen molar-refractivity contribution in [3.8, 4) is 5.75 Å². The zero-order valence-electron chi connectivity index (χ0n) is 26.5. The molecule has 1 atom stereocenters. The van der Waals surface area contributed by atoms with E-state index in [0.717, 1.165) is 59.3 Å². The van der Waals surface area contributed by atoms with Gasteiger partial charge in [0.05, 0.1) is 35.1 Å². The molecule has 5 aromatic rings. The van der Waals surface area contributed by atoms with Gasteiger partial charge in [0.2, 0.25) is 0 Å². The number of hydrogen-bond acceptors (Lipinski definition) is 9. The third-order valence-corrected chi connectivity index (χ3v) is 10.4. The molecule has 2 saturated heterocycles. The zero-order valence-corrected chi connectivity index (χ0v) is 27.3. The highest BCUT2D eigenvalue weighted by molar-refractivity contribution is 7.16. The summed E-state index contributed by atoms with van der Waals surface area (Å²) >= 11 is 0.952. The number of amides is 1. The molecule has 7 rings (SSSR count). The maximum Gasteiger partial charge on any atom is 0.305 e. The Bertz CT molecular complexity index is 2010. The van der Waals surface area contributed by atoms with Crippen LogP contribution in [0, 0.1) is 5.82 Å². The summed E-state index contributed by atoms with van der Waals surface area (Å²) in [6.45, 7) is 4.51. The van der Waals surface area contributed by atoms with E-state index in [1.54, 1.807) is 24.3 Å². The van der Waals surface area contributed by atoms with Crippen molar-refractivity contribution in [1.82, 2.24) is 25.1 Å². The van der Waals surface area contributed by atoms with Crippen LogP contribution < -0.4 is 10.2 Å². The van der Waals surface area contributed by atoms with Gasteiger partial charge in [-0.2, -0.15) is 0 Å². The second-order valence-corrected chi connectivity index (χ2v) is 13.7. The van der Waals surface area contributed by atoms with Crippen LogP contribution in [0.4, 0.5) is 4.39 Å². The van der Waals surface area contributed by atoms with Crippen LogP contribution in [-0.2, 0) is 17.7 Å². The minimum atomic E-state index is -0.876. The van der Waals surface area contributed by atoms with Crippen molar-refractivity contribution in [2.45, 2.75) is 37.5 Å². The number of aromatic amines is 1. The van der Waals surface area contributed by atoms with Crippen LogP contribution in [0.1, 0.15) is 46.1 Å². The van der Waals surface area contributed by atoms with Crippen molar-refractivity contribution in [3.05, 3.63) is 105 Å². The first-order valence-electron chi connectivity index (χ1n) is 16.3. The molecule has 3 aromatic carbocycles. The van der Waals surface area contributed by atoms with Crippen molar-refractivity contribution < 1.29 is 24.1 Å². The van der Waals surface area contributed by atoms with E-state index in [1.165, 1.54) is 6.07 Å². The Morgan fingerprint density at radius 3 is 2.75 bits per heavy atom. The SMILES string of the molecule is O=C(c1ccc2ccccc2n1)N1CCOC2(CCN(Cc3cc(F)cc(CCNCC(O)c4ccc(O)c5[nH]c(=O)sc45)c3)CC2)C1.